The molecule has 0 aliphatic carbocycles. The topological polar surface area (TPSA) is 44.8 Å². The van der Waals surface area contributed by atoms with Crippen LogP contribution in [0.1, 0.15) is 26.7 Å². The predicted molar refractivity (Wildman–Crippen MR) is 79.7 cm³/mol. The van der Waals surface area contributed by atoms with E-state index in [1.807, 2.05) is 0 Å². The van der Waals surface area contributed by atoms with Gasteiger partial charge in [-0.15, -0.1) is 0 Å². The van der Waals surface area contributed by atoms with Gasteiger partial charge in [-0.25, -0.2) is 0 Å². The van der Waals surface area contributed by atoms with Crippen molar-refractivity contribution in [3.8, 4) is 0 Å². The summed E-state index contributed by atoms with van der Waals surface area (Å²) in [6.07, 6.45) is 1.98. The number of hydrogen-bond acceptors (Lipinski definition) is 4. The van der Waals surface area contributed by atoms with Gasteiger partial charge in [0, 0.05) is 44.7 Å². The number of rotatable bonds is 4. The van der Waals surface area contributed by atoms with Gasteiger partial charge < -0.3 is 15.0 Å². The molecule has 0 aromatic rings. The minimum absolute atomic E-state index is 0.237. The van der Waals surface area contributed by atoms with E-state index in [-0.39, 0.29) is 5.92 Å². The second kappa shape index (κ2) is 7.38. The lowest BCUT2D eigenvalue weighted by Crippen LogP contribution is -2.59. The van der Waals surface area contributed by atoms with Crippen molar-refractivity contribution in [2.45, 2.75) is 38.8 Å². The second-order valence-electron chi connectivity index (χ2n) is 6.20. The molecule has 2 rings (SSSR count). The summed E-state index contributed by atoms with van der Waals surface area (Å²) in [4.78, 5) is 17.2. The highest BCUT2D eigenvalue weighted by Gasteiger charge is 2.34. The number of piperidine rings is 1. The van der Waals surface area contributed by atoms with Gasteiger partial charge in [0.15, 0.2) is 0 Å². The van der Waals surface area contributed by atoms with Crippen LogP contribution < -0.4 is 5.32 Å². The minimum atomic E-state index is 0.237. The van der Waals surface area contributed by atoms with Gasteiger partial charge in [-0.05, 0) is 39.8 Å². The molecule has 20 heavy (non-hydrogen) atoms. The molecule has 0 aromatic heterocycles. The molecule has 1 amide bonds. The molecule has 0 aromatic carbocycles. The fraction of sp³-hybridized carbons (Fsp3) is 0.933. The molecule has 5 heteroatoms. The highest BCUT2D eigenvalue weighted by atomic mass is 16.5. The van der Waals surface area contributed by atoms with Crippen molar-refractivity contribution in [1.82, 2.24) is 15.1 Å². The molecule has 5 nitrogen and oxygen atoms in total. The van der Waals surface area contributed by atoms with E-state index in [1.165, 1.54) is 0 Å². The van der Waals surface area contributed by atoms with E-state index in [1.54, 1.807) is 7.11 Å². The van der Waals surface area contributed by atoms with Crippen LogP contribution in [0.25, 0.3) is 0 Å². The molecule has 116 valence electrons. The van der Waals surface area contributed by atoms with Crippen LogP contribution in [-0.4, -0.2) is 74.2 Å². The smallest absolute Gasteiger partial charge is 0.225 e. The van der Waals surface area contributed by atoms with Crippen LogP contribution in [0.3, 0.4) is 0 Å². The Morgan fingerprint density at radius 1 is 1.20 bits per heavy atom. The van der Waals surface area contributed by atoms with E-state index in [0.717, 1.165) is 52.2 Å². The van der Waals surface area contributed by atoms with Crippen molar-refractivity contribution in [2.24, 2.45) is 5.92 Å². The number of methoxy groups -OCH3 is 1. The average molecular weight is 283 g/mol. The van der Waals surface area contributed by atoms with Gasteiger partial charge in [0.2, 0.25) is 5.91 Å². The van der Waals surface area contributed by atoms with Gasteiger partial charge in [0.05, 0.1) is 6.61 Å². The summed E-state index contributed by atoms with van der Waals surface area (Å²) in [6, 6.07) is 0.833. The third kappa shape index (κ3) is 3.71. The summed E-state index contributed by atoms with van der Waals surface area (Å²) in [5.74, 6) is 0.609. The summed E-state index contributed by atoms with van der Waals surface area (Å²) >= 11 is 0. The first-order chi connectivity index (χ1) is 9.63. The van der Waals surface area contributed by atoms with Crippen LogP contribution in [0, 0.1) is 5.92 Å². The largest absolute Gasteiger partial charge is 0.383 e. The molecule has 0 bridgehead atoms. The first-order valence-electron chi connectivity index (χ1n) is 7.87. The molecule has 0 saturated carbocycles. The van der Waals surface area contributed by atoms with Gasteiger partial charge >= 0.3 is 0 Å². The van der Waals surface area contributed by atoms with Gasteiger partial charge in [-0.2, -0.15) is 0 Å². The number of carbonyl (C=O) groups is 1. The number of hydrogen-bond donors (Lipinski definition) is 1. The molecule has 2 fully saturated rings. The molecular weight excluding hydrogens is 254 g/mol. The lowest BCUT2D eigenvalue weighted by atomic mass is 9.95. The lowest BCUT2D eigenvalue weighted by Gasteiger charge is -2.45. The van der Waals surface area contributed by atoms with Crippen molar-refractivity contribution in [3.63, 3.8) is 0 Å². The fourth-order valence-electron chi connectivity index (χ4n) is 3.50. The maximum atomic E-state index is 12.6. The van der Waals surface area contributed by atoms with E-state index in [2.05, 4.69) is 29.0 Å². The monoisotopic (exact) mass is 283 g/mol. The summed E-state index contributed by atoms with van der Waals surface area (Å²) in [6.45, 7) is 9.82. The zero-order valence-electron chi connectivity index (χ0n) is 13.1. The van der Waals surface area contributed by atoms with Gasteiger partial charge in [-0.3, -0.25) is 9.69 Å². The van der Waals surface area contributed by atoms with Crippen molar-refractivity contribution in [3.05, 3.63) is 0 Å². The summed E-state index contributed by atoms with van der Waals surface area (Å²) in [7, 11) is 1.74. The summed E-state index contributed by atoms with van der Waals surface area (Å²) in [5, 5.41) is 3.33. The van der Waals surface area contributed by atoms with E-state index in [0.29, 0.717) is 18.0 Å². The molecular formula is C15H29N3O2. The van der Waals surface area contributed by atoms with Crippen LogP contribution in [-0.2, 0) is 9.53 Å². The first kappa shape index (κ1) is 15.7. The molecule has 2 aliphatic heterocycles. The SMILES string of the molecule is COCCN1[C@@H](C)CN(C(=O)C2CCNCC2)C[C@@H]1C. The van der Waals surface area contributed by atoms with Crippen molar-refractivity contribution < 1.29 is 9.53 Å². The van der Waals surface area contributed by atoms with Crippen LogP contribution >= 0.6 is 0 Å². The van der Waals surface area contributed by atoms with Crippen molar-refractivity contribution in [2.75, 3.05) is 46.4 Å². The lowest BCUT2D eigenvalue weighted by molar-refractivity contribution is -0.141. The average Bonchev–Trinajstić information content (AvgIpc) is 2.46. The standard InChI is InChI=1S/C15H29N3O2/c1-12-10-17(11-13(2)18(12)8-9-20-3)15(19)14-4-6-16-7-5-14/h12-14,16H,4-11H2,1-3H3/t12-,13-/m0/s1. The number of nitrogens with zero attached hydrogens (tertiary/aromatic N) is 2. The molecule has 2 heterocycles. The Labute approximate surface area is 122 Å². The normalized spacial score (nSPS) is 29.6. The van der Waals surface area contributed by atoms with Crippen molar-refractivity contribution in [1.29, 1.82) is 0 Å². The highest BCUT2D eigenvalue weighted by molar-refractivity contribution is 5.79. The van der Waals surface area contributed by atoms with Gasteiger partial charge in [0.1, 0.15) is 0 Å². The Bertz CT molecular complexity index is 306. The number of carbonyl (C=O) groups excluding carboxylic acids is 1. The molecule has 2 aliphatic rings. The van der Waals surface area contributed by atoms with Crippen LogP contribution in [0.2, 0.25) is 0 Å². The van der Waals surface area contributed by atoms with E-state index in [9.17, 15) is 4.79 Å². The molecule has 0 spiro atoms. The molecule has 0 unspecified atom stereocenters. The third-order valence-corrected chi connectivity index (χ3v) is 4.66. The highest BCUT2D eigenvalue weighted by Crippen LogP contribution is 2.21. The maximum Gasteiger partial charge on any atom is 0.225 e. The van der Waals surface area contributed by atoms with E-state index < -0.39 is 0 Å². The Balaban J connectivity index is 1.90. The summed E-state index contributed by atoms with van der Waals surface area (Å²) in [5.41, 5.74) is 0. The zero-order valence-corrected chi connectivity index (χ0v) is 13.1. The van der Waals surface area contributed by atoms with Gasteiger partial charge in [-0.1, -0.05) is 0 Å². The van der Waals surface area contributed by atoms with Gasteiger partial charge in [0.25, 0.3) is 0 Å². The Morgan fingerprint density at radius 2 is 1.80 bits per heavy atom. The fourth-order valence-corrected chi connectivity index (χ4v) is 3.50. The number of nitrogens with one attached hydrogen (secondary N) is 1. The Hall–Kier alpha value is -0.650. The number of ether oxygens (including phenoxy) is 1. The van der Waals surface area contributed by atoms with E-state index in [4.69, 9.17) is 4.74 Å². The van der Waals surface area contributed by atoms with Crippen LogP contribution in [0.4, 0.5) is 0 Å². The molecule has 2 saturated heterocycles. The molecule has 0 radical (unpaired) electrons. The Kier molecular flexibility index (Phi) is 5.81. The van der Waals surface area contributed by atoms with Crippen LogP contribution in [0.5, 0.6) is 0 Å². The quantitative estimate of drug-likeness (QED) is 0.818. The first-order valence-corrected chi connectivity index (χ1v) is 7.87. The second-order valence-corrected chi connectivity index (χ2v) is 6.20. The van der Waals surface area contributed by atoms with Crippen LogP contribution in [0.15, 0.2) is 0 Å². The minimum Gasteiger partial charge on any atom is -0.383 e. The number of amides is 1. The van der Waals surface area contributed by atoms with E-state index >= 15 is 0 Å². The number of piperazine rings is 1. The Morgan fingerprint density at radius 3 is 2.35 bits per heavy atom. The molecule has 2 atom stereocenters. The predicted octanol–water partition coefficient (Wildman–Crippen LogP) is 0.554. The third-order valence-electron chi connectivity index (χ3n) is 4.66. The zero-order chi connectivity index (χ0) is 14.5. The summed E-state index contributed by atoms with van der Waals surface area (Å²) < 4.78 is 5.18. The van der Waals surface area contributed by atoms with Crippen molar-refractivity contribution >= 4 is 5.91 Å². The maximum absolute atomic E-state index is 12.6. The molecule has 1 N–H and O–H groups in total.